The van der Waals surface area contributed by atoms with E-state index < -0.39 is 5.51 Å². The predicted molar refractivity (Wildman–Crippen MR) is 78.2 cm³/mol. The standard InChI is InChI=1S/C13H8BrF3N2OS/c14-11-7-8(5-6-18-11)12(20)19-9-1-3-10(4-2-9)21-13(15,16)17/h1-7H,(H,19,20). The number of pyridine rings is 1. The number of nitrogens with one attached hydrogen (secondary N) is 1. The number of benzene rings is 1. The molecule has 0 saturated carbocycles. The summed E-state index contributed by atoms with van der Waals surface area (Å²) in [7, 11) is 0. The highest BCUT2D eigenvalue weighted by Gasteiger charge is 2.29. The quantitative estimate of drug-likeness (QED) is 0.623. The molecule has 1 N–H and O–H groups in total. The average molecular weight is 377 g/mol. The maximum Gasteiger partial charge on any atom is 0.446 e. The Hall–Kier alpha value is -1.54. The second-order valence-corrected chi connectivity index (χ2v) is 5.84. The van der Waals surface area contributed by atoms with Crippen molar-refractivity contribution in [3.05, 3.63) is 52.8 Å². The second-order valence-electron chi connectivity index (χ2n) is 3.89. The molecular weight excluding hydrogens is 369 g/mol. The van der Waals surface area contributed by atoms with Crippen LogP contribution >= 0.6 is 27.7 Å². The summed E-state index contributed by atoms with van der Waals surface area (Å²) in [5.74, 6) is -0.366. The summed E-state index contributed by atoms with van der Waals surface area (Å²) >= 11 is 2.95. The summed E-state index contributed by atoms with van der Waals surface area (Å²) in [5.41, 5.74) is -3.52. The Morgan fingerprint density at radius 1 is 1.19 bits per heavy atom. The second kappa shape index (κ2) is 6.48. The molecule has 1 amide bonds. The number of rotatable bonds is 3. The predicted octanol–water partition coefficient (Wildman–Crippen LogP) is 4.71. The van der Waals surface area contributed by atoms with Crippen LogP contribution in [0.5, 0.6) is 0 Å². The molecule has 3 nitrogen and oxygen atoms in total. The minimum Gasteiger partial charge on any atom is -0.322 e. The first-order chi connectivity index (χ1) is 9.83. The van der Waals surface area contributed by atoms with Crippen molar-refractivity contribution >= 4 is 39.3 Å². The van der Waals surface area contributed by atoms with E-state index >= 15 is 0 Å². The normalized spacial score (nSPS) is 11.2. The summed E-state index contributed by atoms with van der Waals surface area (Å²) in [4.78, 5) is 15.9. The third-order valence-corrected chi connectivity index (χ3v) is 3.51. The van der Waals surface area contributed by atoms with Crippen molar-refractivity contribution < 1.29 is 18.0 Å². The Morgan fingerprint density at radius 3 is 2.43 bits per heavy atom. The fourth-order valence-electron chi connectivity index (χ4n) is 1.49. The van der Waals surface area contributed by atoms with Gasteiger partial charge in [-0.3, -0.25) is 4.79 Å². The molecule has 0 spiro atoms. The smallest absolute Gasteiger partial charge is 0.322 e. The highest BCUT2D eigenvalue weighted by molar-refractivity contribution is 9.10. The van der Waals surface area contributed by atoms with E-state index in [1.54, 1.807) is 6.07 Å². The molecule has 0 radical (unpaired) electrons. The van der Waals surface area contributed by atoms with Gasteiger partial charge in [-0.05, 0) is 64.1 Å². The molecule has 1 heterocycles. The van der Waals surface area contributed by atoms with E-state index in [-0.39, 0.29) is 22.6 Å². The topological polar surface area (TPSA) is 42.0 Å². The van der Waals surface area contributed by atoms with Gasteiger partial charge in [-0.15, -0.1) is 0 Å². The molecule has 1 aromatic carbocycles. The molecule has 0 bridgehead atoms. The van der Waals surface area contributed by atoms with Crippen molar-refractivity contribution in [3.8, 4) is 0 Å². The minimum atomic E-state index is -4.33. The molecule has 2 aromatic rings. The van der Waals surface area contributed by atoms with E-state index in [0.717, 1.165) is 0 Å². The minimum absolute atomic E-state index is 0.0622. The zero-order valence-electron chi connectivity index (χ0n) is 10.3. The molecule has 110 valence electrons. The SMILES string of the molecule is O=C(Nc1ccc(SC(F)(F)F)cc1)c1ccnc(Br)c1. The van der Waals surface area contributed by atoms with Crippen molar-refractivity contribution in [3.63, 3.8) is 0 Å². The van der Waals surface area contributed by atoms with Gasteiger partial charge in [-0.1, -0.05) is 0 Å². The van der Waals surface area contributed by atoms with Crippen molar-refractivity contribution in [2.24, 2.45) is 0 Å². The number of hydrogen-bond donors (Lipinski definition) is 1. The molecule has 21 heavy (non-hydrogen) atoms. The lowest BCUT2D eigenvalue weighted by atomic mass is 10.2. The highest BCUT2D eigenvalue weighted by atomic mass is 79.9. The summed E-state index contributed by atoms with van der Waals surface area (Å²) in [5, 5.41) is 2.60. The van der Waals surface area contributed by atoms with Crippen LogP contribution in [0.15, 0.2) is 52.1 Å². The molecule has 0 unspecified atom stereocenters. The van der Waals surface area contributed by atoms with E-state index in [1.807, 2.05) is 0 Å². The van der Waals surface area contributed by atoms with Crippen LogP contribution in [0.25, 0.3) is 0 Å². The molecule has 0 aliphatic carbocycles. The number of carbonyl (C=O) groups is 1. The van der Waals surface area contributed by atoms with Gasteiger partial charge in [0.1, 0.15) is 4.60 Å². The first-order valence-electron chi connectivity index (χ1n) is 5.62. The van der Waals surface area contributed by atoms with Gasteiger partial charge >= 0.3 is 5.51 Å². The molecule has 1 aromatic heterocycles. The highest BCUT2D eigenvalue weighted by Crippen LogP contribution is 2.37. The molecule has 0 fully saturated rings. The van der Waals surface area contributed by atoms with Crippen LogP contribution in [-0.4, -0.2) is 16.4 Å². The van der Waals surface area contributed by atoms with Gasteiger partial charge in [-0.2, -0.15) is 13.2 Å². The number of carbonyl (C=O) groups excluding carboxylic acids is 1. The lowest BCUT2D eigenvalue weighted by Gasteiger charge is -2.08. The fraction of sp³-hybridized carbons (Fsp3) is 0.0769. The van der Waals surface area contributed by atoms with E-state index in [1.165, 1.54) is 36.5 Å². The Kier molecular flexibility index (Phi) is 4.89. The van der Waals surface area contributed by atoms with Gasteiger partial charge in [0.2, 0.25) is 0 Å². The number of anilines is 1. The lowest BCUT2D eigenvalue weighted by molar-refractivity contribution is -0.0328. The lowest BCUT2D eigenvalue weighted by Crippen LogP contribution is -2.11. The Morgan fingerprint density at radius 2 is 1.86 bits per heavy atom. The van der Waals surface area contributed by atoms with Crippen LogP contribution in [0.4, 0.5) is 18.9 Å². The molecule has 8 heteroatoms. The third-order valence-electron chi connectivity index (χ3n) is 2.33. The number of hydrogen-bond acceptors (Lipinski definition) is 3. The zero-order valence-corrected chi connectivity index (χ0v) is 12.7. The van der Waals surface area contributed by atoms with E-state index in [4.69, 9.17) is 0 Å². The van der Waals surface area contributed by atoms with Crippen LogP contribution in [0, 0.1) is 0 Å². The summed E-state index contributed by atoms with van der Waals surface area (Å²) < 4.78 is 37.1. The molecule has 0 atom stereocenters. The molecule has 0 aliphatic rings. The average Bonchev–Trinajstić information content (AvgIpc) is 2.39. The van der Waals surface area contributed by atoms with Gasteiger partial charge in [0.05, 0.1) is 0 Å². The number of halogens is 4. The maximum absolute atomic E-state index is 12.2. The van der Waals surface area contributed by atoms with Gasteiger partial charge in [0.25, 0.3) is 5.91 Å². The van der Waals surface area contributed by atoms with Crippen molar-refractivity contribution in [1.29, 1.82) is 0 Å². The fourth-order valence-corrected chi connectivity index (χ4v) is 2.39. The van der Waals surface area contributed by atoms with Crippen LogP contribution < -0.4 is 5.32 Å². The summed E-state index contributed by atoms with van der Waals surface area (Å²) in [6.07, 6.45) is 1.47. The number of thioether (sulfide) groups is 1. The largest absolute Gasteiger partial charge is 0.446 e. The van der Waals surface area contributed by atoms with Crippen LogP contribution in [0.1, 0.15) is 10.4 Å². The van der Waals surface area contributed by atoms with E-state index in [0.29, 0.717) is 15.9 Å². The number of amides is 1. The van der Waals surface area contributed by atoms with Crippen LogP contribution in [0.3, 0.4) is 0 Å². The maximum atomic E-state index is 12.2. The van der Waals surface area contributed by atoms with Crippen molar-refractivity contribution in [2.75, 3.05) is 5.32 Å². The summed E-state index contributed by atoms with van der Waals surface area (Å²) in [6, 6.07) is 8.52. The van der Waals surface area contributed by atoms with Gasteiger partial charge < -0.3 is 5.32 Å². The van der Waals surface area contributed by atoms with Gasteiger partial charge in [0, 0.05) is 22.3 Å². The van der Waals surface area contributed by atoms with E-state index in [9.17, 15) is 18.0 Å². The molecule has 0 aliphatic heterocycles. The van der Waals surface area contributed by atoms with Crippen molar-refractivity contribution in [2.45, 2.75) is 10.4 Å². The Labute approximate surface area is 131 Å². The Bertz CT molecular complexity index is 647. The molecule has 0 saturated heterocycles. The number of alkyl halides is 3. The third kappa shape index (κ3) is 5.05. The van der Waals surface area contributed by atoms with Crippen LogP contribution in [-0.2, 0) is 0 Å². The molecule has 2 rings (SSSR count). The Balaban J connectivity index is 2.05. The van der Waals surface area contributed by atoms with Crippen LogP contribution in [0.2, 0.25) is 0 Å². The number of nitrogens with zero attached hydrogens (tertiary/aromatic N) is 1. The van der Waals surface area contributed by atoms with Gasteiger partial charge in [0.15, 0.2) is 0 Å². The first-order valence-corrected chi connectivity index (χ1v) is 7.23. The number of aromatic nitrogens is 1. The monoisotopic (exact) mass is 376 g/mol. The molecular formula is C13H8BrF3N2OS. The van der Waals surface area contributed by atoms with E-state index in [2.05, 4.69) is 26.2 Å². The van der Waals surface area contributed by atoms with Gasteiger partial charge in [-0.25, -0.2) is 4.98 Å². The summed E-state index contributed by atoms with van der Waals surface area (Å²) in [6.45, 7) is 0. The zero-order chi connectivity index (χ0) is 15.5. The first kappa shape index (κ1) is 15.8. The van der Waals surface area contributed by atoms with Crippen molar-refractivity contribution in [1.82, 2.24) is 4.98 Å².